The van der Waals surface area contributed by atoms with Gasteiger partial charge in [-0.25, -0.2) is 0 Å². The maximum absolute atomic E-state index is 12.9. The minimum atomic E-state index is 0.120. The van der Waals surface area contributed by atoms with Crippen molar-refractivity contribution in [3.05, 3.63) is 82.0 Å². The Hall–Kier alpha value is -2.83. The van der Waals surface area contributed by atoms with Crippen molar-refractivity contribution in [2.45, 2.75) is 13.2 Å². The topological polar surface area (TPSA) is 42.0 Å². The molecule has 30 heavy (non-hydrogen) atoms. The highest BCUT2D eigenvalue weighted by Crippen LogP contribution is 2.22. The van der Waals surface area contributed by atoms with Crippen LogP contribution in [-0.4, -0.2) is 49.0 Å². The van der Waals surface area contributed by atoms with Gasteiger partial charge in [-0.15, -0.1) is 11.3 Å². The highest BCUT2D eigenvalue weighted by Gasteiger charge is 2.23. The molecule has 3 aromatic rings. The van der Waals surface area contributed by atoms with Gasteiger partial charge in [0.15, 0.2) is 0 Å². The van der Waals surface area contributed by atoms with Crippen molar-refractivity contribution in [1.29, 1.82) is 0 Å². The van der Waals surface area contributed by atoms with Gasteiger partial charge in [-0.1, -0.05) is 30.3 Å². The van der Waals surface area contributed by atoms with E-state index in [2.05, 4.69) is 29.2 Å². The molecule has 1 aliphatic rings. The number of nitrogens with zero attached hydrogens (tertiary/aromatic N) is 2. The van der Waals surface area contributed by atoms with Gasteiger partial charge in [-0.3, -0.25) is 9.69 Å². The predicted molar refractivity (Wildman–Crippen MR) is 119 cm³/mol. The Balaban J connectivity index is 1.26. The zero-order valence-corrected chi connectivity index (χ0v) is 17.9. The van der Waals surface area contributed by atoms with Crippen LogP contribution in [0.15, 0.2) is 66.0 Å². The lowest BCUT2D eigenvalue weighted by atomic mass is 10.2. The first kappa shape index (κ1) is 20.4. The number of ether oxygens (including phenoxy) is 2. The fourth-order valence-corrected chi connectivity index (χ4v) is 4.37. The summed E-state index contributed by atoms with van der Waals surface area (Å²) in [5, 5.41) is 2.00. The Kier molecular flexibility index (Phi) is 6.67. The van der Waals surface area contributed by atoms with Crippen LogP contribution >= 0.6 is 11.3 Å². The molecule has 1 aromatic heterocycles. The van der Waals surface area contributed by atoms with Crippen molar-refractivity contribution in [1.82, 2.24) is 9.80 Å². The second-order valence-electron chi connectivity index (χ2n) is 7.34. The number of carbonyl (C=O) groups excluding carboxylic acids is 1. The Morgan fingerprint density at radius 3 is 2.33 bits per heavy atom. The molecule has 0 saturated carbocycles. The van der Waals surface area contributed by atoms with E-state index in [0.717, 1.165) is 54.7 Å². The molecule has 1 fully saturated rings. The molecule has 0 aliphatic carbocycles. The molecule has 0 spiro atoms. The molecule has 5 nitrogen and oxygen atoms in total. The Bertz CT molecular complexity index is 948. The van der Waals surface area contributed by atoms with E-state index in [-0.39, 0.29) is 5.91 Å². The lowest BCUT2D eigenvalue weighted by molar-refractivity contribution is 0.0633. The van der Waals surface area contributed by atoms with Crippen molar-refractivity contribution >= 4 is 17.2 Å². The van der Waals surface area contributed by atoms with Crippen LogP contribution in [0.4, 0.5) is 0 Å². The van der Waals surface area contributed by atoms with E-state index >= 15 is 0 Å². The van der Waals surface area contributed by atoms with Crippen LogP contribution in [0.5, 0.6) is 11.5 Å². The monoisotopic (exact) mass is 422 g/mol. The summed E-state index contributed by atoms with van der Waals surface area (Å²) in [7, 11) is 1.64. The average Bonchev–Trinajstić information content (AvgIpc) is 3.28. The molecule has 1 amide bonds. The van der Waals surface area contributed by atoms with Crippen LogP contribution in [0.3, 0.4) is 0 Å². The normalized spacial score (nSPS) is 14.5. The van der Waals surface area contributed by atoms with Gasteiger partial charge in [0, 0.05) is 38.3 Å². The van der Waals surface area contributed by atoms with Crippen molar-refractivity contribution in [3.8, 4) is 11.5 Å². The lowest BCUT2D eigenvalue weighted by Gasteiger charge is -2.34. The first-order valence-electron chi connectivity index (χ1n) is 10.1. The van der Waals surface area contributed by atoms with Crippen molar-refractivity contribution in [3.63, 3.8) is 0 Å². The second kappa shape index (κ2) is 9.78. The summed E-state index contributed by atoms with van der Waals surface area (Å²) in [5.41, 5.74) is 2.33. The molecule has 0 bridgehead atoms. The van der Waals surface area contributed by atoms with E-state index in [1.54, 1.807) is 7.11 Å². The molecule has 0 unspecified atom stereocenters. The minimum Gasteiger partial charge on any atom is -0.497 e. The number of methoxy groups -OCH3 is 1. The first-order chi connectivity index (χ1) is 14.7. The van der Waals surface area contributed by atoms with E-state index in [1.165, 1.54) is 16.9 Å². The molecule has 0 N–H and O–H groups in total. The van der Waals surface area contributed by atoms with Crippen molar-refractivity contribution < 1.29 is 14.3 Å². The Morgan fingerprint density at radius 2 is 1.63 bits per heavy atom. The van der Waals surface area contributed by atoms with Gasteiger partial charge < -0.3 is 14.4 Å². The van der Waals surface area contributed by atoms with Crippen LogP contribution in [0, 0.1) is 0 Å². The largest absolute Gasteiger partial charge is 0.497 e. The number of hydrogen-bond donors (Lipinski definition) is 0. The predicted octanol–water partition coefficient (Wildman–Crippen LogP) is 4.29. The highest BCUT2D eigenvalue weighted by atomic mass is 32.1. The zero-order chi connectivity index (χ0) is 20.8. The molecule has 2 heterocycles. The van der Waals surface area contributed by atoms with Gasteiger partial charge in [0.05, 0.1) is 12.0 Å². The molecule has 0 radical (unpaired) electrons. The minimum absolute atomic E-state index is 0.120. The summed E-state index contributed by atoms with van der Waals surface area (Å²) in [6.45, 7) is 4.72. The third-order valence-corrected chi connectivity index (χ3v) is 6.20. The quantitative estimate of drug-likeness (QED) is 0.570. The third-order valence-electron chi connectivity index (χ3n) is 5.24. The van der Waals surface area contributed by atoms with Crippen LogP contribution in [0.25, 0.3) is 0 Å². The molecule has 6 heteroatoms. The fourth-order valence-electron chi connectivity index (χ4n) is 3.51. The summed E-state index contributed by atoms with van der Waals surface area (Å²) in [5.74, 6) is 1.70. The summed E-state index contributed by atoms with van der Waals surface area (Å²) in [6, 6.07) is 19.9. The molecular weight excluding hydrogens is 396 g/mol. The van der Waals surface area contributed by atoms with Gasteiger partial charge in [0.25, 0.3) is 5.91 Å². The third kappa shape index (κ3) is 5.20. The molecular formula is C24H26N2O3S. The summed E-state index contributed by atoms with van der Waals surface area (Å²) < 4.78 is 11.0. The number of hydrogen-bond acceptors (Lipinski definition) is 5. The van der Waals surface area contributed by atoms with Crippen molar-refractivity contribution in [2.75, 3.05) is 33.3 Å². The highest BCUT2D eigenvalue weighted by molar-refractivity contribution is 7.12. The van der Waals surface area contributed by atoms with Crippen LogP contribution in [0.1, 0.15) is 20.8 Å². The molecule has 156 valence electrons. The van der Waals surface area contributed by atoms with Gasteiger partial charge in [-0.05, 0) is 41.3 Å². The summed E-state index contributed by atoms with van der Waals surface area (Å²) >= 11 is 1.49. The number of thiophene rings is 1. The number of rotatable bonds is 7. The van der Waals surface area contributed by atoms with E-state index in [1.807, 2.05) is 46.7 Å². The molecule has 4 rings (SSSR count). The number of amides is 1. The zero-order valence-electron chi connectivity index (χ0n) is 17.1. The number of piperazine rings is 1. The Labute approximate surface area is 181 Å². The second-order valence-corrected chi connectivity index (χ2v) is 8.25. The molecule has 1 aliphatic heterocycles. The van der Waals surface area contributed by atoms with Gasteiger partial charge in [-0.2, -0.15) is 0 Å². The standard InChI is InChI=1S/C24H26N2O3S/c1-28-21-7-9-22(10-8-21)29-17-20-15-23(30-18-20)24(27)26-13-11-25(12-14-26)16-19-5-3-2-4-6-19/h2-10,15,18H,11-14,16-17H2,1H3. The van der Waals surface area contributed by atoms with Crippen LogP contribution in [-0.2, 0) is 13.2 Å². The van der Waals surface area contributed by atoms with Crippen molar-refractivity contribution in [2.24, 2.45) is 0 Å². The van der Waals surface area contributed by atoms with Crippen LogP contribution in [0.2, 0.25) is 0 Å². The van der Waals surface area contributed by atoms with E-state index in [9.17, 15) is 4.79 Å². The number of benzene rings is 2. The SMILES string of the molecule is COc1ccc(OCc2csc(C(=O)N3CCN(Cc4ccccc4)CC3)c2)cc1. The smallest absolute Gasteiger partial charge is 0.264 e. The van der Waals surface area contributed by atoms with E-state index < -0.39 is 0 Å². The molecule has 1 saturated heterocycles. The summed E-state index contributed by atoms with van der Waals surface area (Å²) in [4.78, 5) is 18.0. The average molecular weight is 423 g/mol. The number of carbonyl (C=O) groups is 1. The fraction of sp³-hybridized carbons (Fsp3) is 0.292. The van der Waals surface area contributed by atoms with E-state index in [4.69, 9.17) is 9.47 Å². The van der Waals surface area contributed by atoms with Gasteiger partial charge >= 0.3 is 0 Å². The molecule has 2 aromatic carbocycles. The maximum Gasteiger partial charge on any atom is 0.264 e. The Morgan fingerprint density at radius 1 is 0.933 bits per heavy atom. The van der Waals surface area contributed by atoms with Crippen LogP contribution < -0.4 is 9.47 Å². The van der Waals surface area contributed by atoms with E-state index in [0.29, 0.717) is 6.61 Å². The first-order valence-corrected chi connectivity index (χ1v) is 11.0. The van der Waals surface area contributed by atoms with Gasteiger partial charge in [0.1, 0.15) is 18.1 Å². The lowest BCUT2D eigenvalue weighted by Crippen LogP contribution is -2.48. The van der Waals surface area contributed by atoms with Gasteiger partial charge in [0.2, 0.25) is 0 Å². The molecule has 0 atom stereocenters. The summed E-state index contributed by atoms with van der Waals surface area (Å²) in [6.07, 6.45) is 0. The maximum atomic E-state index is 12.9.